The van der Waals surface area contributed by atoms with Crippen molar-refractivity contribution in [2.24, 2.45) is 0 Å². The number of rotatable bonds is 3. The van der Waals surface area contributed by atoms with Gasteiger partial charge in [0.1, 0.15) is 12.1 Å². The Morgan fingerprint density at radius 2 is 2.05 bits per heavy atom. The van der Waals surface area contributed by atoms with E-state index in [4.69, 9.17) is 0 Å². The fourth-order valence-corrected chi connectivity index (χ4v) is 1.72. The zero-order chi connectivity index (χ0) is 14.4. The van der Waals surface area contributed by atoms with E-state index in [2.05, 4.69) is 4.74 Å². The topological polar surface area (TPSA) is 74.4 Å². The maximum Gasteiger partial charge on any atom is 0.325 e. The van der Waals surface area contributed by atoms with E-state index >= 15 is 0 Å². The second-order valence-electron chi connectivity index (χ2n) is 3.49. The predicted molar refractivity (Wildman–Crippen MR) is 72.0 cm³/mol. The van der Waals surface area contributed by atoms with Gasteiger partial charge in [-0.3, -0.25) is 14.9 Å². The molecular weight excluding hydrogens is 248 g/mol. The summed E-state index contributed by atoms with van der Waals surface area (Å²) < 4.78 is 6.06. The van der Waals surface area contributed by atoms with Gasteiger partial charge in [-0.1, -0.05) is 26.0 Å². The van der Waals surface area contributed by atoms with E-state index in [9.17, 15) is 14.9 Å². The van der Waals surface area contributed by atoms with E-state index in [1.54, 1.807) is 24.4 Å². The number of non-ortho nitro benzene ring substituents is 1. The number of para-hydroxylation sites is 1. The van der Waals surface area contributed by atoms with Crippen LogP contribution in [0.3, 0.4) is 0 Å². The molecule has 6 nitrogen and oxygen atoms in total. The van der Waals surface area contributed by atoms with E-state index in [0.717, 1.165) is 5.39 Å². The van der Waals surface area contributed by atoms with Gasteiger partial charge >= 0.3 is 5.97 Å². The van der Waals surface area contributed by atoms with Gasteiger partial charge in [0.2, 0.25) is 0 Å². The average molecular weight is 264 g/mol. The molecule has 1 aromatic heterocycles. The molecule has 1 heterocycles. The van der Waals surface area contributed by atoms with Crippen LogP contribution in [0.15, 0.2) is 30.5 Å². The van der Waals surface area contributed by atoms with Crippen LogP contribution in [0.2, 0.25) is 0 Å². The maximum atomic E-state index is 11.2. The van der Waals surface area contributed by atoms with E-state index in [0.29, 0.717) is 5.52 Å². The molecule has 0 amide bonds. The molecular formula is C13H16N2O4. The third kappa shape index (κ3) is 3.09. The summed E-state index contributed by atoms with van der Waals surface area (Å²) in [6.07, 6.45) is 1.63. The first-order valence-corrected chi connectivity index (χ1v) is 5.92. The number of nitrogens with zero attached hydrogens (tertiary/aromatic N) is 2. The third-order valence-electron chi connectivity index (χ3n) is 2.49. The molecule has 0 atom stereocenters. The van der Waals surface area contributed by atoms with Crippen LogP contribution < -0.4 is 0 Å². The van der Waals surface area contributed by atoms with Crippen LogP contribution in [0.4, 0.5) is 5.69 Å². The molecule has 0 saturated carbocycles. The van der Waals surface area contributed by atoms with Crippen LogP contribution in [0, 0.1) is 10.1 Å². The number of nitro benzene ring substituents is 1. The number of benzene rings is 1. The minimum absolute atomic E-state index is 0.0172. The molecule has 6 heteroatoms. The largest absolute Gasteiger partial charge is 0.468 e. The highest BCUT2D eigenvalue weighted by molar-refractivity contribution is 5.89. The molecule has 0 N–H and O–H groups in total. The highest BCUT2D eigenvalue weighted by atomic mass is 16.6. The van der Waals surface area contributed by atoms with Gasteiger partial charge < -0.3 is 9.30 Å². The number of aromatic nitrogens is 1. The standard InChI is InChI=1S/C11H10N2O4.C2H6/c1-17-10(14)7-12-6-5-8-3-2-4-9(11(8)12)13(15)16;1-2/h2-6H,7H2,1H3;1-2H3. The molecule has 0 radical (unpaired) electrons. The molecule has 0 aliphatic rings. The van der Waals surface area contributed by atoms with Gasteiger partial charge in [-0.2, -0.15) is 0 Å². The molecule has 2 rings (SSSR count). The quantitative estimate of drug-likeness (QED) is 0.485. The average Bonchev–Trinajstić information content (AvgIpc) is 2.84. The lowest BCUT2D eigenvalue weighted by Gasteiger charge is -2.03. The lowest BCUT2D eigenvalue weighted by molar-refractivity contribution is -0.383. The molecule has 2 aromatic rings. The van der Waals surface area contributed by atoms with Crippen molar-refractivity contribution in [2.75, 3.05) is 7.11 Å². The first kappa shape index (κ1) is 14.7. The predicted octanol–water partition coefficient (Wildman–Crippen LogP) is 2.75. The summed E-state index contributed by atoms with van der Waals surface area (Å²) in [5.41, 5.74) is 0.416. The summed E-state index contributed by atoms with van der Waals surface area (Å²) in [5.74, 6) is -0.444. The van der Waals surface area contributed by atoms with Gasteiger partial charge in [-0.25, -0.2) is 0 Å². The second kappa shape index (κ2) is 6.53. The number of esters is 1. The van der Waals surface area contributed by atoms with Crippen molar-refractivity contribution in [3.8, 4) is 0 Å². The number of fused-ring (bicyclic) bond motifs is 1. The summed E-state index contributed by atoms with van der Waals surface area (Å²) in [4.78, 5) is 21.6. The SMILES string of the molecule is CC.COC(=O)Cn1ccc2cccc([N+](=O)[O-])c21. The summed E-state index contributed by atoms with van der Waals surface area (Å²) in [7, 11) is 1.28. The molecule has 1 aromatic carbocycles. The molecule has 0 aliphatic carbocycles. The second-order valence-corrected chi connectivity index (χ2v) is 3.49. The summed E-state index contributed by atoms with van der Waals surface area (Å²) >= 11 is 0. The third-order valence-corrected chi connectivity index (χ3v) is 2.49. The summed E-state index contributed by atoms with van der Waals surface area (Å²) in [6, 6.07) is 6.51. The monoisotopic (exact) mass is 264 g/mol. The lowest BCUT2D eigenvalue weighted by atomic mass is 10.2. The number of carbonyl (C=O) groups is 1. The van der Waals surface area contributed by atoms with Crippen molar-refractivity contribution in [2.45, 2.75) is 20.4 Å². The number of nitro groups is 1. The minimum Gasteiger partial charge on any atom is -0.468 e. The van der Waals surface area contributed by atoms with Gasteiger partial charge in [0.05, 0.1) is 12.0 Å². The fraction of sp³-hybridized carbons (Fsp3) is 0.308. The van der Waals surface area contributed by atoms with Gasteiger partial charge in [0, 0.05) is 17.6 Å². The number of carbonyl (C=O) groups excluding carboxylic acids is 1. The number of hydrogen-bond acceptors (Lipinski definition) is 4. The van der Waals surface area contributed by atoms with Gasteiger partial charge in [-0.15, -0.1) is 0 Å². The molecule has 0 fully saturated rings. The summed E-state index contributed by atoms with van der Waals surface area (Å²) in [6.45, 7) is 3.96. The fourth-order valence-electron chi connectivity index (χ4n) is 1.72. The Labute approximate surface area is 110 Å². The molecule has 102 valence electrons. The van der Waals surface area contributed by atoms with Gasteiger partial charge in [-0.05, 0) is 6.07 Å². The van der Waals surface area contributed by atoms with E-state index in [1.165, 1.54) is 17.7 Å². The van der Waals surface area contributed by atoms with Crippen LogP contribution in [0.1, 0.15) is 13.8 Å². The maximum absolute atomic E-state index is 11.2. The normalized spacial score (nSPS) is 9.63. The Bertz CT molecular complexity index is 589. The van der Waals surface area contributed by atoms with Gasteiger partial charge in [0.15, 0.2) is 0 Å². The van der Waals surface area contributed by atoms with Crippen molar-refractivity contribution in [3.05, 3.63) is 40.6 Å². The molecule has 0 saturated heterocycles. The summed E-state index contributed by atoms with van der Waals surface area (Å²) in [5, 5.41) is 11.6. The molecule has 0 spiro atoms. The Morgan fingerprint density at radius 1 is 1.37 bits per heavy atom. The van der Waals surface area contributed by atoms with E-state index in [1.807, 2.05) is 13.8 Å². The molecule has 0 aliphatic heterocycles. The van der Waals surface area contributed by atoms with Crippen LogP contribution in [-0.2, 0) is 16.1 Å². The van der Waals surface area contributed by atoms with Crippen molar-refractivity contribution in [1.29, 1.82) is 0 Å². The number of methoxy groups -OCH3 is 1. The molecule has 19 heavy (non-hydrogen) atoms. The Kier molecular flexibility index (Phi) is 5.05. The first-order valence-electron chi connectivity index (χ1n) is 5.92. The Balaban J connectivity index is 0.000000861. The lowest BCUT2D eigenvalue weighted by Crippen LogP contribution is -2.11. The van der Waals surface area contributed by atoms with Crippen LogP contribution in [0.25, 0.3) is 10.9 Å². The molecule has 0 bridgehead atoms. The highest BCUT2D eigenvalue weighted by Crippen LogP contribution is 2.26. The van der Waals surface area contributed by atoms with Crippen molar-refractivity contribution < 1.29 is 14.5 Å². The minimum atomic E-state index is -0.462. The Hall–Kier alpha value is -2.37. The number of ether oxygens (including phenoxy) is 1. The highest BCUT2D eigenvalue weighted by Gasteiger charge is 2.16. The smallest absolute Gasteiger partial charge is 0.325 e. The van der Waals surface area contributed by atoms with Gasteiger partial charge in [0.25, 0.3) is 5.69 Å². The van der Waals surface area contributed by atoms with E-state index < -0.39 is 10.9 Å². The molecule has 0 unspecified atom stereocenters. The van der Waals surface area contributed by atoms with Crippen LogP contribution >= 0.6 is 0 Å². The Morgan fingerprint density at radius 3 is 2.63 bits per heavy atom. The first-order chi connectivity index (χ1) is 9.13. The van der Waals surface area contributed by atoms with Crippen LogP contribution in [0.5, 0.6) is 0 Å². The van der Waals surface area contributed by atoms with E-state index in [-0.39, 0.29) is 12.2 Å². The van der Waals surface area contributed by atoms with Crippen molar-refractivity contribution >= 4 is 22.6 Å². The van der Waals surface area contributed by atoms with Crippen molar-refractivity contribution in [1.82, 2.24) is 4.57 Å². The zero-order valence-corrected chi connectivity index (χ0v) is 11.1. The zero-order valence-electron chi connectivity index (χ0n) is 11.1. The number of hydrogen-bond donors (Lipinski definition) is 0. The van der Waals surface area contributed by atoms with Crippen LogP contribution in [-0.4, -0.2) is 22.6 Å². The van der Waals surface area contributed by atoms with Crippen molar-refractivity contribution in [3.63, 3.8) is 0 Å².